The molecule has 0 spiro atoms. The van der Waals surface area contributed by atoms with Crippen LogP contribution in [0.5, 0.6) is 11.5 Å². The molecule has 2 N–H and O–H groups in total. The first-order valence-electron chi connectivity index (χ1n) is 11.6. The minimum absolute atomic E-state index is 0.211. The molecule has 0 radical (unpaired) electrons. The molecule has 1 atom stereocenters. The molecular weight excluding hydrogens is 452 g/mol. The van der Waals surface area contributed by atoms with Gasteiger partial charge < -0.3 is 24.3 Å². The number of hydrogen-bond acceptors (Lipinski definition) is 7. The zero-order valence-electron chi connectivity index (χ0n) is 19.5. The number of anilines is 1. The number of aliphatic hydroxyl groups is 1. The molecule has 7 nitrogen and oxygen atoms in total. The number of ether oxygens (including phenoxy) is 2. The van der Waals surface area contributed by atoms with Gasteiger partial charge in [0.1, 0.15) is 5.58 Å². The van der Waals surface area contributed by atoms with Crippen molar-refractivity contribution in [2.75, 3.05) is 44.1 Å². The van der Waals surface area contributed by atoms with Crippen LogP contribution in [0.3, 0.4) is 0 Å². The van der Waals surface area contributed by atoms with Gasteiger partial charge in [0.15, 0.2) is 17.3 Å². The second kappa shape index (κ2) is 9.52. The van der Waals surface area contributed by atoms with E-state index < -0.39 is 5.60 Å². The number of piperidine rings is 1. The third-order valence-electron chi connectivity index (χ3n) is 6.97. The lowest BCUT2D eigenvalue weighted by molar-refractivity contribution is -0.0332. The summed E-state index contributed by atoms with van der Waals surface area (Å²) in [6.07, 6.45) is 2.67. The number of nitrogens with zero attached hydrogens (tertiary/aromatic N) is 1. The minimum Gasteiger partial charge on any atom is -0.493 e. The van der Waals surface area contributed by atoms with Gasteiger partial charge in [-0.25, -0.2) is 0 Å². The van der Waals surface area contributed by atoms with Crippen LogP contribution in [0.15, 0.2) is 46.9 Å². The molecule has 5 rings (SSSR count). The van der Waals surface area contributed by atoms with E-state index in [2.05, 4.69) is 10.2 Å². The maximum Gasteiger partial charge on any atom is 0.291 e. The standard InChI is InChI=1S/C26H30N2O5S/c1-31-22-6-4-19(15-23(22)32-2)27-25(29)24-14-17-13-18(3-5-21(17)33-24)26(30)8-10-28(11-9-26)20-7-12-34-16-20/h3-6,13-15,20,30H,7-12,16H2,1-2H3,(H,27,29)/t20-/m1/s1. The summed E-state index contributed by atoms with van der Waals surface area (Å²) in [5.41, 5.74) is 1.22. The highest BCUT2D eigenvalue weighted by molar-refractivity contribution is 7.99. The molecule has 0 bridgehead atoms. The van der Waals surface area contributed by atoms with Crippen LogP contribution in [0.1, 0.15) is 35.4 Å². The van der Waals surface area contributed by atoms with Gasteiger partial charge in [-0.3, -0.25) is 9.69 Å². The van der Waals surface area contributed by atoms with E-state index in [-0.39, 0.29) is 11.7 Å². The van der Waals surface area contributed by atoms with Crippen molar-refractivity contribution < 1.29 is 23.8 Å². The number of rotatable bonds is 6. The summed E-state index contributed by atoms with van der Waals surface area (Å²) in [6.45, 7) is 1.81. The molecule has 34 heavy (non-hydrogen) atoms. The highest BCUT2D eigenvalue weighted by atomic mass is 32.2. The van der Waals surface area contributed by atoms with Crippen molar-refractivity contribution in [3.63, 3.8) is 0 Å². The van der Waals surface area contributed by atoms with Crippen molar-refractivity contribution >= 4 is 34.3 Å². The summed E-state index contributed by atoms with van der Waals surface area (Å²) in [6, 6.07) is 13.3. The van der Waals surface area contributed by atoms with Crippen LogP contribution < -0.4 is 14.8 Å². The number of nitrogens with one attached hydrogen (secondary N) is 1. The smallest absolute Gasteiger partial charge is 0.291 e. The van der Waals surface area contributed by atoms with Gasteiger partial charge in [-0.1, -0.05) is 6.07 Å². The Hall–Kier alpha value is -2.68. The molecule has 2 aromatic carbocycles. The van der Waals surface area contributed by atoms with Crippen LogP contribution in [0.2, 0.25) is 0 Å². The number of fused-ring (bicyclic) bond motifs is 1. The van der Waals surface area contributed by atoms with Crippen molar-refractivity contribution in [3.8, 4) is 11.5 Å². The number of carbonyl (C=O) groups excluding carboxylic acids is 1. The fourth-order valence-electron chi connectivity index (χ4n) is 4.91. The summed E-state index contributed by atoms with van der Waals surface area (Å²) in [4.78, 5) is 15.3. The van der Waals surface area contributed by atoms with Gasteiger partial charge in [0, 0.05) is 42.0 Å². The first kappa shape index (κ1) is 23.1. The van der Waals surface area contributed by atoms with E-state index >= 15 is 0 Å². The highest BCUT2D eigenvalue weighted by Crippen LogP contribution is 2.37. The molecule has 1 aromatic heterocycles. The predicted octanol–water partition coefficient (Wildman–Crippen LogP) is 4.49. The predicted molar refractivity (Wildman–Crippen MR) is 134 cm³/mol. The average molecular weight is 483 g/mol. The quantitative estimate of drug-likeness (QED) is 0.535. The van der Waals surface area contributed by atoms with E-state index in [0.29, 0.717) is 41.7 Å². The molecule has 2 aliphatic rings. The number of thioether (sulfide) groups is 1. The van der Waals surface area contributed by atoms with Crippen LogP contribution in [-0.4, -0.2) is 60.8 Å². The van der Waals surface area contributed by atoms with Crippen LogP contribution in [0.4, 0.5) is 5.69 Å². The van der Waals surface area contributed by atoms with E-state index in [1.165, 1.54) is 17.9 Å². The maximum absolute atomic E-state index is 12.8. The van der Waals surface area contributed by atoms with E-state index in [1.54, 1.807) is 38.5 Å². The van der Waals surface area contributed by atoms with E-state index in [1.807, 2.05) is 30.0 Å². The first-order valence-corrected chi connectivity index (χ1v) is 12.8. The van der Waals surface area contributed by atoms with Crippen LogP contribution in [0.25, 0.3) is 11.0 Å². The Labute approximate surface area is 203 Å². The molecule has 2 fully saturated rings. The number of methoxy groups -OCH3 is 2. The monoisotopic (exact) mass is 482 g/mol. The lowest BCUT2D eigenvalue weighted by atomic mass is 9.83. The Kier molecular flexibility index (Phi) is 6.46. The lowest BCUT2D eigenvalue weighted by Gasteiger charge is -2.41. The van der Waals surface area contributed by atoms with E-state index in [0.717, 1.165) is 24.0 Å². The number of benzene rings is 2. The number of likely N-dealkylation sites (tertiary alicyclic amines) is 1. The van der Waals surface area contributed by atoms with Gasteiger partial charge in [0.2, 0.25) is 0 Å². The van der Waals surface area contributed by atoms with Crippen molar-refractivity contribution in [3.05, 3.63) is 53.8 Å². The highest BCUT2D eigenvalue weighted by Gasteiger charge is 2.37. The van der Waals surface area contributed by atoms with Crippen LogP contribution in [0, 0.1) is 0 Å². The topological polar surface area (TPSA) is 84.2 Å². The Bertz CT molecular complexity index is 1180. The molecule has 2 aliphatic heterocycles. The van der Waals surface area contributed by atoms with Gasteiger partial charge in [-0.05, 0) is 60.9 Å². The Balaban J connectivity index is 1.30. The maximum atomic E-state index is 12.8. The molecule has 3 heterocycles. The molecule has 1 amide bonds. The molecule has 3 aromatic rings. The Morgan fingerprint density at radius 1 is 1.12 bits per heavy atom. The normalized spacial score (nSPS) is 20.4. The second-order valence-corrected chi connectivity index (χ2v) is 10.1. The zero-order chi connectivity index (χ0) is 23.7. The van der Waals surface area contributed by atoms with Crippen LogP contribution >= 0.6 is 11.8 Å². The minimum atomic E-state index is -0.851. The Morgan fingerprint density at radius 2 is 1.91 bits per heavy atom. The fraction of sp³-hybridized carbons (Fsp3) is 0.423. The summed E-state index contributed by atoms with van der Waals surface area (Å²) in [5.74, 6) is 3.41. The number of hydrogen-bond donors (Lipinski definition) is 2. The third kappa shape index (κ3) is 4.50. The average Bonchev–Trinajstić information content (AvgIpc) is 3.54. The van der Waals surface area contributed by atoms with E-state index in [4.69, 9.17) is 13.9 Å². The van der Waals surface area contributed by atoms with Gasteiger partial charge in [0.05, 0.1) is 19.8 Å². The Morgan fingerprint density at radius 3 is 2.62 bits per heavy atom. The largest absolute Gasteiger partial charge is 0.493 e. The molecule has 180 valence electrons. The van der Waals surface area contributed by atoms with Crippen molar-refractivity contribution in [2.45, 2.75) is 30.9 Å². The summed E-state index contributed by atoms with van der Waals surface area (Å²) in [7, 11) is 3.11. The first-order chi connectivity index (χ1) is 16.5. The molecular formula is C26H30N2O5S. The third-order valence-corrected chi connectivity index (χ3v) is 8.11. The van der Waals surface area contributed by atoms with Crippen molar-refractivity contribution in [2.24, 2.45) is 0 Å². The molecule has 0 aliphatic carbocycles. The number of carbonyl (C=O) groups is 1. The van der Waals surface area contributed by atoms with Gasteiger partial charge in [-0.2, -0.15) is 11.8 Å². The molecule has 0 saturated carbocycles. The van der Waals surface area contributed by atoms with E-state index in [9.17, 15) is 9.90 Å². The number of furan rings is 1. The van der Waals surface area contributed by atoms with Gasteiger partial charge in [0.25, 0.3) is 5.91 Å². The van der Waals surface area contributed by atoms with Crippen molar-refractivity contribution in [1.29, 1.82) is 0 Å². The number of amides is 1. The van der Waals surface area contributed by atoms with Crippen LogP contribution in [-0.2, 0) is 5.60 Å². The lowest BCUT2D eigenvalue weighted by Crippen LogP contribution is -2.47. The summed E-state index contributed by atoms with van der Waals surface area (Å²) < 4.78 is 16.3. The molecule has 0 unspecified atom stereocenters. The van der Waals surface area contributed by atoms with Gasteiger partial charge >= 0.3 is 0 Å². The second-order valence-electron chi connectivity index (χ2n) is 8.97. The summed E-state index contributed by atoms with van der Waals surface area (Å²) in [5, 5.41) is 15.0. The molecule has 8 heteroatoms. The zero-order valence-corrected chi connectivity index (χ0v) is 20.3. The SMILES string of the molecule is COc1ccc(NC(=O)c2cc3cc(C4(O)CCN([C@@H]5CCSC5)CC4)ccc3o2)cc1OC. The molecule has 2 saturated heterocycles. The van der Waals surface area contributed by atoms with Crippen molar-refractivity contribution in [1.82, 2.24) is 4.90 Å². The summed E-state index contributed by atoms with van der Waals surface area (Å²) >= 11 is 2.02. The fourth-order valence-corrected chi connectivity index (χ4v) is 6.16. The van der Waals surface area contributed by atoms with Gasteiger partial charge in [-0.15, -0.1) is 0 Å².